The zero-order valence-electron chi connectivity index (χ0n) is 17.6. The van der Waals surface area contributed by atoms with Crippen molar-refractivity contribution >= 4 is 42.3 Å². The maximum Gasteiger partial charge on any atom is 0.327 e. The van der Waals surface area contributed by atoms with Crippen LogP contribution in [0, 0.1) is 5.92 Å². The van der Waals surface area contributed by atoms with Crippen LogP contribution in [0.25, 0.3) is 0 Å². The number of carboxylic acid groups (broad SMARTS) is 2. The van der Waals surface area contributed by atoms with Gasteiger partial charge in [0.2, 0.25) is 17.7 Å². The highest BCUT2D eigenvalue weighted by Gasteiger charge is 2.32. The van der Waals surface area contributed by atoms with Crippen molar-refractivity contribution in [1.29, 1.82) is 0 Å². The van der Waals surface area contributed by atoms with Crippen LogP contribution in [-0.2, 0) is 30.4 Å². The molecule has 13 nitrogen and oxygen atoms in total. The van der Waals surface area contributed by atoms with Crippen LogP contribution < -0.4 is 21.7 Å². The van der Waals surface area contributed by atoms with Crippen molar-refractivity contribution in [2.24, 2.45) is 11.7 Å². The first kappa shape index (κ1) is 26.9. The Balaban J connectivity index is 2.88. The van der Waals surface area contributed by atoms with E-state index in [-0.39, 0.29) is 12.2 Å². The predicted molar refractivity (Wildman–Crippen MR) is 115 cm³/mol. The third kappa shape index (κ3) is 8.55. The summed E-state index contributed by atoms with van der Waals surface area (Å²) in [4.78, 5) is 66.5. The molecule has 14 heteroatoms. The van der Waals surface area contributed by atoms with E-state index >= 15 is 0 Å². The summed E-state index contributed by atoms with van der Waals surface area (Å²) < 4.78 is 0. The molecule has 1 aromatic heterocycles. The largest absolute Gasteiger partial charge is 0.481 e. The molecule has 0 aliphatic carbocycles. The van der Waals surface area contributed by atoms with Crippen LogP contribution in [-0.4, -0.2) is 79.8 Å². The number of hydrogen-bond acceptors (Lipinski definition) is 8. The molecule has 1 rings (SSSR count). The van der Waals surface area contributed by atoms with Crippen LogP contribution >= 0.6 is 12.6 Å². The second-order valence-corrected chi connectivity index (χ2v) is 7.72. The lowest BCUT2D eigenvalue weighted by atomic mass is 10.0. The lowest BCUT2D eigenvalue weighted by Gasteiger charge is -2.26. The van der Waals surface area contributed by atoms with Crippen molar-refractivity contribution in [3.8, 4) is 0 Å². The summed E-state index contributed by atoms with van der Waals surface area (Å²) >= 11 is 3.82. The third-order valence-electron chi connectivity index (χ3n) is 4.39. The van der Waals surface area contributed by atoms with Crippen LogP contribution in [0.1, 0.15) is 26.0 Å². The summed E-state index contributed by atoms with van der Waals surface area (Å²) in [5, 5.41) is 25.0. The smallest absolute Gasteiger partial charge is 0.327 e. The molecule has 3 amide bonds. The van der Waals surface area contributed by atoms with E-state index in [1.807, 2.05) is 0 Å². The number of thiol groups is 1. The number of nitrogens with one attached hydrogen (secondary N) is 4. The Hall–Kier alpha value is -3.13. The zero-order valence-corrected chi connectivity index (χ0v) is 18.5. The molecule has 0 spiro atoms. The Kier molecular flexibility index (Phi) is 10.6. The highest BCUT2D eigenvalue weighted by Crippen LogP contribution is 2.06. The minimum Gasteiger partial charge on any atom is -0.481 e. The van der Waals surface area contributed by atoms with E-state index in [0.29, 0.717) is 5.69 Å². The molecule has 0 aromatic carbocycles. The summed E-state index contributed by atoms with van der Waals surface area (Å²) in [5.74, 6) is -5.89. The molecule has 8 N–H and O–H groups in total. The number of amides is 3. The van der Waals surface area contributed by atoms with Gasteiger partial charge in [-0.15, -0.1) is 0 Å². The topological polar surface area (TPSA) is 217 Å². The van der Waals surface area contributed by atoms with Gasteiger partial charge in [-0.25, -0.2) is 9.78 Å². The number of imidazole rings is 1. The van der Waals surface area contributed by atoms with Crippen molar-refractivity contribution in [2.45, 2.75) is 50.9 Å². The van der Waals surface area contributed by atoms with Gasteiger partial charge in [0, 0.05) is 24.1 Å². The number of carbonyl (C=O) groups excluding carboxylic acids is 3. The Morgan fingerprint density at radius 2 is 1.69 bits per heavy atom. The first-order valence-electron chi connectivity index (χ1n) is 9.65. The maximum absolute atomic E-state index is 12.8. The first-order valence-corrected chi connectivity index (χ1v) is 10.3. The summed E-state index contributed by atoms with van der Waals surface area (Å²) in [7, 11) is 0. The van der Waals surface area contributed by atoms with Gasteiger partial charge in [-0.2, -0.15) is 12.6 Å². The molecule has 0 saturated heterocycles. The van der Waals surface area contributed by atoms with Gasteiger partial charge in [0.15, 0.2) is 0 Å². The Morgan fingerprint density at radius 3 is 2.16 bits per heavy atom. The number of H-pyrrole nitrogens is 1. The van der Waals surface area contributed by atoms with Gasteiger partial charge >= 0.3 is 11.9 Å². The van der Waals surface area contributed by atoms with Crippen LogP contribution in [0.15, 0.2) is 12.5 Å². The fraction of sp³-hybridized carbons (Fsp3) is 0.556. The van der Waals surface area contributed by atoms with Gasteiger partial charge in [-0.05, 0) is 5.92 Å². The number of nitrogens with zero attached hydrogens (tertiary/aromatic N) is 1. The van der Waals surface area contributed by atoms with E-state index < -0.39 is 66.2 Å². The number of aromatic amines is 1. The number of aliphatic carboxylic acids is 2. The second kappa shape index (κ2) is 12.7. The highest BCUT2D eigenvalue weighted by atomic mass is 32.1. The SMILES string of the molecule is CC(C)C(NC(=O)C(N)Cc1cnc[nH]1)C(=O)NC(CC(=O)O)C(=O)NC(CS)C(=O)O. The monoisotopic (exact) mass is 472 g/mol. The Bertz CT molecular complexity index is 817. The van der Waals surface area contributed by atoms with Crippen molar-refractivity contribution in [2.75, 3.05) is 5.75 Å². The van der Waals surface area contributed by atoms with Gasteiger partial charge in [-0.3, -0.25) is 19.2 Å². The second-order valence-electron chi connectivity index (χ2n) is 7.36. The van der Waals surface area contributed by atoms with Crippen LogP contribution in [0.4, 0.5) is 0 Å². The number of carbonyl (C=O) groups is 5. The van der Waals surface area contributed by atoms with E-state index in [2.05, 4.69) is 38.5 Å². The van der Waals surface area contributed by atoms with Gasteiger partial charge in [0.05, 0.1) is 18.8 Å². The van der Waals surface area contributed by atoms with Crippen LogP contribution in [0.2, 0.25) is 0 Å². The first-order chi connectivity index (χ1) is 15.0. The predicted octanol–water partition coefficient (Wildman–Crippen LogP) is -2.12. The third-order valence-corrected chi connectivity index (χ3v) is 4.75. The Morgan fingerprint density at radius 1 is 1.06 bits per heavy atom. The number of aromatic nitrogens is 2. The maximum atomic E-state index is 12.8. The van der Waals surface area contributed by atoms with Crippen LogP contribution in [0.5, 0.6) is 0 Å². The normalized spacial score (nSPS) is 14.7. The molecule has 0 fully saturated rings. The molecule has 0 aliphatic rings. The van der Waals surface area contributed by atoms with Crippen molar-refractivity contribution in [3.05, 3.63) is 18.2 Å². The Labute approximate surface area is 189 Å². The van der Waals surface area contributed by atoms with E-state index in [0.717, 1.165) is 0 Å². The molecule has 4 unspecified atom stereocenters. The number of carboxylic acids is 2. The molecule has 0 radical (unpaired) electrons. The van der Waals surface area contributed by atoms with Crippen molar-refractivity contribution in [3.63, 3.8) is 0 Å². The fourth-order valence-electron chi connectivity index (χ4n) is 2.62. The average molecular weight is 473 g/mol. The zero-order chi connectivity index (χ0) is 24.4. The molecule has 0 saturated carbocycles. The quantitative estimate of drug-likeness (QED) is 0.147. The molecule has 1 aromatic rings. The summed E-state index contributed by atoms with van der Waals surface area (Å²) in [6.07, 6.45) is 2.28. The van der Waals surface area contributed by atoms with Gasteiger partial charge in [-0.1, -0.05) is 13.8 Å². The molecular weight excluding hydrogens is 444 g/mol. The number of hydrogen-bond donors (Lipinski definition) is 8. The molecule has 4 atom stereocenters. The minimum atomic E-state index is -1.57. The van der Waals surface area contributed by atoms with Crippen molar-refractivity contribution < 1.29 is 34.2 Å². The number of rotatable bonds is 13. The number of nitrogens with two attached hydrogens (primary N) is 1. The van der Waals surface area contributed by atoms with Gasteiger partial charge in [0.1, 0.15) is 18.1 Å². The van der Waals surface area contributed by atoms with E-state index in [4.69, 9.17) is 15.9 Å². The average Bonchev–Trinajstić information content (AvgIpc) is 3.21. The summed E-state index contributed by atoms with van der Waals surface area (Å²) in [5.41, 5.74) is 6.49. The molecule has 1 heterocycles. The van der Waals surface area contributed by atoms with E-state index in [1.54, 1.807) is 13.8 Å². The fourth-order valence-corrected chi connectivity index (χ4v) is 2.87. The molecule has 178 valence electrons. The standard InChI is InChI=1S/C18H28N6O7S/c1-8(2)14(24-15(27)10(19)3-9-5-20-7-21-9)17(29)22-11(4-13(25)26)16(28)23-12(6-32)18(30)31/h5,7-8,10-12,14,32H,3-4,6,19H2,1-2H3,(H,20,21)(H,22,29)(H,23,28)(H,24,27)(H,25,26)(H,30,31). The highest BCUT2D eigenvalue weighted by molar-refractivity contribution is 7.80. The summed E-state index contributed by atoms with van der Waals surface area (Å²) in [6.45, 7) is 3.27. The summed E-state index contributed by atoms with van der Waals surface area (Å²) in [6, 6.07) is -5.06. The molecule has 32 heavy (non-hydrogen) atoms. The lowest BCUT2D eigenvalue weighted by molar-refractivity contribution is -0.143. The molecule has 0 aliphatic heterocycles. The van der Waals surface area contributed by atoms with E-state index in [9.17, 15) is 24.0 Å². The molecular formula is C18H28N6O7S. The molecule has 0 bridgehead atoms. The van der Waals surface area contributed by atoms with E-state index in [1.165, 1.54) is 12.5 Å². The minimum absolute atomic E-state index is 0.141. The van der Waals surface area contributed by atoms with Crippen molar-refractivity contribution in [1.82, 2.24) is 25.9 Å². The van der Waals surface area contributed by atoms with Gasteiger partial charge < -0.3 is 36.9 Å². The van der Waals surface area contributed by atoms with Gasteiger partial charge in [0.25, 0.3) is 0 Å². The van der Waals surface area contributed by atoms with Crippen LogP contribution in [0.3, 0.4) is 0 Å². The lowest BCUT2D eigenvalue weighted by Crippen LogP contribution is -2.59.